The molecular weight excluding hydrogens is 320 g/mol. The Kier molecular flexibility index (Phi) is 5.57. The molecule has 1 aliphatic heterocycles. The summed E-state index contributed by atoms with van der Waals surface area (Å²) in [4.78, 5) is 14.2. The van der Waals surface area contributed by atoms with Crippen molar-refractivity contribution < 1.29 is 9.44 Å². The van der Waals surface area contributed by atoms with Crippen LogP contribution in [-0.2, 0) is 6.54 Å². The Hall–Kier alpha value is -0.910. The first-order chi connectivity index (χ1) is 9.65. The van der Waals surface area contributed by atoms with Gasteiger partial charge >= 0.3 is 6.03 Å². The number of hydroxylamine groups is 3. The van der Waals surface area contributed by atoms with Crippen molar-refractivity contribution in [1.82, 2.24) is 4.90 Å². The Labute approximate surface area is 128 Å². The van der Waals surface area contributed by atoms with E-state index in [0.29, 0.717) is 13.1 Å². The van der Waals surface area contributed by atoms with Gasteiger partial charge in [-0.15, -0.1) is 0 Å². The van der Waals surface area contributed by atoms with Gasteiger partial charge in [-0.1, -0.05) is 46.3 Å². The predicted octanol–water partition coefficient (Wildman–Crippen LogP) is 3.50. The number of hydrogen-bond donors (Lipinski definition) is 0. The third-order valence-corrected chi connectivity index (χ3v) is 4.22. The number of halogens is 1. The molecule has 1 fully saturated rings. The molecule has 0 bridgehead atoms. The highest BCUT2D eigenvalue weighted by atomic mass is 79.9. The molecule has 20 heavy (non-hydrogen) atoms. The van der Waals surface area contributed by atoms with E-state index in [0.717, 1.165) is 36.7 Å². The number of unbranched alkanes of at least 4 members (excludes halogenated alkanes) is 1. The standard InChI is InChI=1S/C15H21BrN2O2/c16-9-4-5-10-17-11-6-12-18(20,15(17)19)13-14-7-2-1-3-8-14/h1-3,7-8H,4-6,9-13H2. The second kappa shape index (κ2) is 7.20. The van der Waals surface area contributed by atoms with Crippen molar-refractivity contribution >= 4 is 22.0 Å². The number of carbonyl (C=O) groups excluding carboxylic acids is 1. The minimum Gasteiger partial charge on any atom is -0.624 e. The van der Waals surface area contributed by atoms with Gasteiger partial charge in [0.25, 0.3) is 0 Å². The van der Waals surface area contributed by atoms with Crippen molar-refractivity contribution in [2.45, 2.75) is 25.8 Å². The van der Waals surface area contributed by atoms with E-state index in [4.69, 9.17) is 0 Å². The lowest BCUT2D eigenvalue weighted by Crippen LogP contribution is -2.58. The summed E-state index contributed by atoms with van der Waals surface area (Å²) in [5.41, 5.74) is 0.929. The molecule has 1 unspecified atom stereocenters. The lowest BCUT2D eigenvalue weighted by molar-refractivity contribution is -0.821. The summed E-state index contributed by atoms with van der Waals surface area (Å²) in [7, 11) is 0. The Morgan fingerprint density at radius 2 is 2.00 bits per heavy atom. The zero-order valence-corrected chi connectivity index (χ0v) is 13.2. The normalized spacial score (nSPS) is 23.1. The Balaban J connectivity index is 2.00. The number of alkyl halides is 1. The van der Waals surface area contributed by atoms with Gasteiger partial charge in [0.15, 0.2) is 0 Å². The molecule has 5 heteroatoms. The number of carbonyl (C=O) groups is 1. The van der Waals surface area contributed by atoms with E-state index < -0.39 is 4.65 Å². The SMILES string of the molecule is O=C1N(CCCCBr)CCC[N+]1([O-])Cc1ccccc1. The van der Waals surface area contributed by atoms with Crippen LogP contribution in [0, 0.1) is 5.21 Å². The van der Waals surface area contributed by atoms with Gasteiger partial charge in [-0.05, 0) is 12.8 Å². The van der Waals surface area contributed by atoms with Crippen molar-refractivity contribution in [1.29, 1.82) is 0 Å². The number of amides is 2. The maximum absolute atomic E-state index is 12.8. The third-order valence-electron chi connectivity index (χ3n) is 3.66. The summed E-state index contributed by atoms with van der Waals surface area (Å²) in [6.07, 6.45) is 2.76. The summed E-state index contributed by atoms with van der Waals surface area (Å²) in [6, 6.07) is 9.29. The monoisotopic (exact) mass is 340 g/mol. The summed E-state index contributed by atoms with van der Waals surface area (Å²) in [6.45, 7) is 2.05. The van der Waals surface area contributed by atoms with Gasteiger partial charge in [-0.3, -0.25) is 9.55 Å². The highest BCUT2D eigenvalue weighted by molar-refractivity contribution is 9.09. The van der Waals surface area contributed by atoms with Crippen LogP contribution in [0.25, 0.3) is 0 Å². The Morgan fingerprint density at radius 3 is 2.70 bits per heavy atom. The zero-order chi connectivity index (χ0) is 14.4. The first-order valence-corrected chi connectivity index (χ1v) is 8.25. The Bertz CT molecular complexity index is 441. The molecule has 0 aromatic heterocycles. The summed E-state index contributed by atoms with van der Waals surface area (Å²) in [5, 5.41) is 13.7. The first-order valence-electron chi connectivity index (χ1n) is 7.13. The van der Waals surface area contributed by atoms with Crippen molar-refractivity contribution in [2.24, 2.45) is 0 Å². The van der Waals surface area contributed by atoms with Crippen LogP contribution in [0.3, 0.4) is 0 Å². The van der Waals surface area contributed by atoms with Crippen molar-refractivity contribution in [2.75, 3.05) is 25.0 Å². The lowest BCUT2D eigenvalue weighted by Gasteiger charge is -2.46. The van der Waals surface area contributed by atoms with Gasteiger partial charge in [0, 0.05) is 30.4 Å². The summed E-state index contributed by atoms with van der Waals surface area (Å²) >= 11 is 3.39. The molecule has 1 heterocycles. The van der Waals surface area contributed by atoms with Crippen LogP contribution in [0.15, 0.2) is 30.3 Å². The van der Waals surface area contributed by atoms with Gasteiger partial charge in [-0.2, -0.15) is 0 Å². The molecule has 2 amide bonds. The second-order valence-corrected chi connectivity index (χ2v) is 6.07. The van der Waals surface area contributed by atoms with E-state index in [1.807, 2.05) is 30.3 Å². The van der Waals surface area contributed by atoms with Crippen molar-refractivity contribution in [3.8, 4) is 0 Å². The molecule has 0 saturated carbocycles. The van der Waals surface area contributed by atoms with Crippen molar-refractivity contribution in [3.05, 3.63) is 41.1 Å². The minimum atomic E-state index is -0.738. The molecule has 1 aromatic carbocycles. The third kappa shape index (κ3) is 3.81. The minimum absolute atomic E-state index is 0.245. The number of nitrogens with zero attached hydrogens (tertiary/aromatic N) is 2. The largest absolute Gasteiger partial charge is 0.624 e. The molecule has 4 nitrogen and oxygen atoms in total. The van der Waals surface area contributed by atoms with E-state index in [-0.39, 0.29) is 12.6 Å². The second-order valence-electron chi connectivity index (χ2n) is 5.28. The molecule has 1 atom stereocenters. The fourth-order valence-corrected chi connectivity index (χ4v) is 2.99. The van der Waals surface area contributed by atoms with E-state index in [9.17, 15) is 10.0 Å². The molecule has 1 saturated heterocycles. The number of quaternary nitrogens is 1. The molecule has 1 aromatic rings. The molecule has 2 rings (SSSR count). The van der Waals surface area contributed by atoms with Gasteiger partial charge < -0.3 is 5.21 Å². The van der Waals surface area contributed by atoms with Crippen LogP contribution in [0.1, 0.15) is 24.8 Å². The first kappa shape index (κ1) is 15.5. The van der Waals surface area contributed by atoms with E-state index in [1.165, 1.54) is 0 Å². The summed E-state index contributed by atoms with van der Waals surface area (Å²) in [5.74, 6) is 0. The van der Waals surface area contributed by atoms with Crippen LogP contribution in [-0.4, -0.2) is 40.5 Å². The quantitative estimate of drug-likeness (QED) is 0.344. The molecule has 0 spiro atoms. The maximum Gasteiger partial charge on any atom is 0.419 e. The smallest absolute Gasteiger partial charge is 0.419 e. The fourth-order valence-electron chi connectivity index (χ4n) is 2.60. The summed E-state index contributed by atoms with van der Waals surface area (Å²) < 4.78 is -0.738. The number of hydrogen-bond acceptors (Lipinski definition) is 2. The van der Waals surface area contributed by atoms with E-state index in [1.54, 1.807) is 4.90 Å². The average molecular weight is 341 g/mol. The van der Waals surface area contributed by atoms with Crippen LogP contribution in [0.5, 0.6) is 0 Å². The predicted molar refractivity (Wildman–Crippen MR) is 83.3 cm³/mol. The van der Waals surface area contributed by atoms with Crippen LogP contribution in [0.2, 0.25) is 0 Å². The average Bonchev–Trinajstić information content (AvgIpc) is 2.45. The zero-order valence-electron chi connectivity index (χ0n) is 11.6. The number of rotatable bonds is 6. The van der Waals surface area contributed by atoms with Crippen LogP contribution < -0.4 is 0 Å². The molecule has 110 valence electrons. The van der Waals surface area contributed by atoms with Crippen molar-refractivity contribution in [3.63, 3.8) is 0 Å². The van der Waals surface area contributed by atoms with Gasteiger partial charge in [0.2, 0.25) is 0 Å². The van der Waals surface area contributed by atoms with Gasteiger partial charge in [-0.25, -0.2) is 4.79 Å². The molecule has 0 N–H and O–H groups in total. The van der Waals surface area contributed by atoms with E-state index >= 15 is 0 Å². The molecule has 0 radical (unpaired) electrons. The molecule has 1 aliphatic rings. The fraction of sp³-hybridized carbons (Fsp3) is 0.533. The number of urea groups is 1. The lowest BCUT2D eigenvalue weighted by atomic mass is 10.2. The molecular formula is C15H21BrN2O2. The highest BCUT2D eigenvalue weighted by Gasteiger charge is 2.36. The van der Waals surface area contributed by atoms with E-state index in [2.05, 4.69) is 15.9 Å². The van der Waals surface area contributed by atoms with Crippen LogP contribution in [0.4, 0.5) is 4.79 Å². The topological polar surface area (TPSA) is 43.4 Å². The molecule has 0 aliphatic carbocycles. The maximum atomic E-state index is 12.8. The van der Waals surface area contributed by atoms with Crippen LogP contribution >= 0.6 is 15.9 Å². The Morgan fingerprint density at radius 1 is 1.25 bits per heavy atom. The van der Waals surface area contributed by atoms with Gasteiger partial charge in [0.1, 0.15) is 6.54 Å². The number of benzene rings is 1. The highest BCUT2D eigenvalue weighted by Crippen LogP contribution is 2.22. The van der Waals surface area contributed by atoms with Gasteiger partial charge in [0.05, 0.1) is 6.54 Å².